The van der Waals surface area contributed by atoms with Gasteiger partial charge in [-0.1, -0.05) is 36.4 Å². The first-order valence-corrected chi connectivity index (χ1v) is 8.99. The van der Waals surface area contributed by atoms with E-state index in [4.69, 9.17) is 0 Å². The molecule has 0 aliphatic heterocycles. The molecule has 128 valence electrons. The van der Waals surface area contributed by atoms with Crippen LogP contribution < -0.4 is 0 Å². The van der Waals surface area contributed by atoms with E-state index in [1.807, 2.05) is 36.2 Å². The van der Waals surface area contributed by atoms with Crippen LogP contribution in [0.15, 0.2) is 48.5 Å². The lowest BCUT2D eigenvalue weighted by Gasteiger charge is -2.33. The summed E-state index contributed by atoms with van der Waals surface area (Å²) in [5, 5.41) is 0. The van der Waals surface area contributed by atoms with E-state index in [-0.39, 0.29) is 11.9 Å². The number of hydrogen-bond donors (Lipinski definition) is 1. The maximum atomic E-state index is 12.7. The molecule has 0 radical (unpaired) electrons. The van der Waals surface area contributed by atoms with E-state index >= 15 is 0 Å². The quantitative estimate of drug-likeness (QED) is 0.783. The van der Waals surface area contributed by atoms with Crippen LogP contribution in [0.4, 0.5) is 0 Å². The number of hydrogen-bond acceptors (Lipinski definition) is 2. The van der Waals surface area contributed by atoms with E-state index in [0.29, 0.717) is 12.8 Å². The summed E-state index contributed by atoms with van der Waals surface area (Å²) in [5.41, 5.74) is 4.68. The smallest absolute Gasteiger partial charge is 0.223 e. The number of fused-ring (bicyclic) bond motifs is 2. The third-order valence-electron chi connectivity index (χ3n) is 5.21. The van der Waals surface area contributed by atoms with Crippen molar-refractivity contribution in [1.29, 1.82) is 0 Å². The van der Waals surface area contributed by atoms with E-state index in [2.05, 4.69) is 34.2 Å². The van der Waals surface area contributed by atoms with E-state index < -0.39 is 0 Å². The molecule has 4 heteroatoms. The SMILES string of the molecule is CN(C(=O)CCc1nc2ccccc2[nH]1)[C@H]1CCCc2ccccc21. The maximum absolute atomic E-state index is 12.7. The van der Waals surface area contributed by atoms with Gasteiger partial charge in [0.2, 0.25) is 5.91 Å². The monoisotopic (exact) mass is 333 g/mol. The Hall–Kier alpha value is -2.62. The highest BCUT2D eigenvalue weighted by molar-refractivity contribution is 5.77. The van der Waals surface area contributed by atoms with E-state index in [0.717, 1.165) is 36.1 Å². The standard InChI is InChI=1S/C21H23N3O/c1-24(19-12-6-8-15-7-2-3-9-16(15)19)21(25)14-13-20-22-17-10-4-5-11-18(17)23-20/h2-5,7,9-11,19H,6,8,12-14H2,1H3,(H,22,23)/t19-/m0/s1. The second kappa shape index (κ2) is 6.71. The first-order valence-electron chi connectivity index (χ1n) is 8.99. The predicted molar refractivity (Wildman–Crippen MR) is 99.3 cm³/mol. The number of imidazole rings is 1. The zero-order valence-corrected chi connectivity index (χ0v) is 14.5. The number of carbonyl (C=O) groups is 1. The van der Waals surface area contributed by atoms with Crippen molar-refractivity contribution < 1.29 is 4.79 Å². The molecule has 0 spiro atoms. The second-order valence-corrected chi connectivity index (χ2v) is 6.81. The molecule has 0 bridgehead atoms. The van der Waals surface area contributed by atoms with Gasteiger partial charge in [0.1, 0.15) is 5.82 Å². The number of benzene rings is 2. The molecule has 1 amide bonds. The Morgan fingerprint density at radius 3 is 2.88 bits per heavy atom. The summed E-state index contributed by atoms with van der Waals surface area (Å²) in [5.74, 6) is 1.06. The lowest BCUT2D eigenvalue weighted by Crippen LogP contribution is -2.33. The zero-order valence-electron chi connectivity index (χ0n) is 14.5. The summed E-state index contributed by atoms with van der Waals surface area (Å²) in [4.78, 5) is 22.5. The number of H-pyrrole nitrogens is 1. The summed E-state index contributed by atoms with van der Waals surface area (Å²) >= 11 is 0. The average molecular weight is 333 g/mol. The molecule has 0 fully saturated rings. The first kappa shape index (κ1) is 15.9. The van der Waals surface area contributed by atoms with Crippen molar-refractivity contribution in [2.75, 3.05) is 7.05 Å². The van der Waals surface area contributed by atoms with Gasteiger partial charge < -0.3 is 9.88 Å². The highest BCUT2D eigenvalue weighted by atomic mass is 16.2. The third kappa shape index (κ3) is 3.16. The number of nitrogens with one attached hydrogen (secondary N) is 1. The Morgan fingerprint density at radius 1 is 1.20 bits per heavy atom. The second-order valence-electron chi connectivity index (χ2n) is 6.81. The molecule has 2 aromatic carbocycles. The molecule has 1 atom stereocenters. The fraction of sp³-hybridized carbons (Fsp3) is 0.333. The first-order chi connectivity index (χ1) is 12.2. The highest BCUT2D eigenvalue weighted by Crippen LogP contribution is 2.33. The summed E-state index contributed by atoms with van der Waals surface area (Å²) in [7, 11) is 1.94. The summed E-state index contributed by atoms with van der Waals surface area (Å²) in [6.07, 6.45) is 4.43. The molecule has 0 saturated carbocycles. The van der Waals surface area contributed by atoms with Gasteiger partial charge in [-0.05, 0) is 42.5 Å². The van der Waals surface area contributed by atoms with Gasteiger partial charge in [-0.3, -0.25) is 4.79 Å². The van der Waals surface area contributed by atoms with Crippen LogP contribution in [0.3, 0.4) is 0 Å². The van der Waals surface area contributed by atoms with Crippen molar-refractivity contribution in [3.05, 3.63) is 65.5 Å². The molecule has 3 aromatic rings. The van der Waals surface area contributed by atoms with Gasteiger partial charge in [0, 0.05) is 19.9 Å². The van der Waals surface area contributed by atoms with Crippen LogP contribution in [-0.2, 0) is 17.6 Å². The molecular weight excluding hydrogens is 310 g/mol. The number of aromatic nitrogens is 2. The number of rotatable bonds is 4. The van der Waals surface area contributed by atoms with Crippen LogP contribution in [0.2, 0.25) is 0 Å². The Kier molecular flexibility index (Phi) is 4.26. The zero-order chi connectivity index (χ0) is 17.2. The fourth-order valence-electron chi connectivity index (χ4n) is 3.83. The Morgan fingerprint density at radius 2 is 2.00 bits per heavy atom. The molecule has 25 heavy (non-hydrogen) atoms. The third-order valence-corrected chi connectivity index (χ3v) is 5.21. The van der Waals surface area contributed by atoms with Crippen molar-refractivity contribution >= 4 is 16.9 Å². The van der Waals surface area contributed by atoms with Crippen LogP contribution in [0.5, 0.6) is 0 Å². The number of nitrogens with zero attached hydrogens (tertiary/aromatic N) is 2. The minimum Gasteiger partial charge on any atom is -0.342 e. The summed E-state index contributed by atoms with van der Waals surface area (Å²) in [6.45, 7) is 0. The number of amides is 1. The Bertz CT molecular complexity index is 866. The highest BCUT2D eigenvalue weighted by Gasteiger charge is 2.26. The molecule has 0 unspecified atom stereocenters. The minimum absolute atomic E-state index is 0.183. The van der Waals surface area contributed by atoms with Crippen molar-refractivity contribution in [2.24, 2.45) is 0 Å². The van der Waals surface area contributed by atoms with Gasteiger partial charge in [0.25, 0.3) is 0 Å². The van der Waals surface area contributed by atoms with Crippen LogP contribution in [0, 0.1) is 0 Å². The predicted octanol–water partition coefficient (Wildman–Crippen LogP) is 4.03. The van der Waals surface area contributed by atoms with Crippen LogP contribution in [0.25, 0.3) is 11.0 Å². The molecule has 1 heterocycles. The summed E-state index contributed by atoms with van der Waals surface area (Å²) in [6, 6.07) is 16.7. The van der Waals surface area contributed by atoms with E-state index in [1.54, 1.807) is 0 Å². The normalized spacial score (nSPS) is 16.6. The number of aromatic amines is 1. The van der Waals surface area contributed by atoms with Gasteiger partial charge in [-0.15, -0.1) is 0 Å². The van der Waals surface area contributed by atoms with Crippen LogP contribution in [-0.4, -0.2) is 27.8 Å². The van der Waals surface area contributed by atoms with Crippen LogP contribution in [0.1, 0.15) is 42.3 Å². The maximum Gasteiger partial charge on any atom is 0.223 e. The van der Waals surface area contributed by atoms with Gasteiger partial charge in [0.05, 0.1) is 17.1 Å². The van der Waals surface area contributed by atoms with E-state index in [9.17, 15) is 4.79 Å². The van der Waals surface area contributed by atoms with Crippen molar-refractivity contribution in [3.8, 4) is 0 Å². The van der Waals surface area contributed by atoms with E-state index in [1.165, 1.54) is 11.1 Å². The molecule has 0 saturated heterocycles. The van der Waals surface area contributed by atoms with Gasteiger partial charge >= 0.3 is 0 Å². The molecule has 4 nitrogen and oxygen atoms in total. The molecule has 1 aliphatic carbocycles. The van der Waals surface area contributed by atoms with Crippen molar-refractivity contribution in [3.63, 3.8) is 0 Å². The largest absolute Gasteiger partial charge is 0.342 e. The number of aryl methyl sites for hydroxylation is 2. The van der Waals surface area contributed by atoms with Gasteiger partial charge in [0.15, 0.2) is 0 Å². The lowest BCUT2D eigenvalue weighted by atomic mass is 9.87. The van der Waals surface area contributed by atoms with Crippen molar-refractivity contribution in [1.82, 2.24) is 14.9 Å². The fourth-order valence-corrected chi connectivity index (χ4v) is 3.83. The Labute approximate surface area is 147 Å². The lowest BCUT2D eigenvalue weighted by molar-refractivity contribution is -0.132. The minimum atomic E-state index is 0.183. The van der Waals surface area contributed by atoms with Crippen molar-refractivity contribution in [2.45, 2.75) is 38.1 Å². The molecule has 1 N–H and O–H groups in total. The Balaban J connectivity index is 1.44. The van der Waals surface area contributed by atoms with Gasteiger partial charge in [-0.25, -0.2) is 4.98 Å². The summed E-state index contributed by atoms with van der Waals surface area (Å²) < 4.78 is 0. The average Bonchev–Trinajstić information content (AvgIpc) is 3.08. The number of para-hydroxylation sites is 2. The topological polar surface area (TPSA) is 49.0 Å². The van der Waals surface area contributed by atoms with Crippen LogP contribution >= 0.6 is 0 Å². The molecular formula is C21H23N3O. The number of carbonyl (C=O) groups excluding carboxylic acids is 1. The molecule has 1 aromatic heterocycles. The molecule has 1 aliphatic rings. The van der Waals surface area contributed by atoms with Gasteiger partial charge in [-0.2, -0.15) is 0 Å². The molecule has 4 rings (SSSR count).